The molecule has 3 rings (SSSR count). The molecule has 2 aromatic rings. The van der Waals surface area contributed by atoms with E-state index in [0.717, 1.165) is 31.7 Å². The number of amides is 1. The predicted octanol–water partition coefficient (Wildman–Crippen LogP) is 2.78. The minimum Gasteiger partial charge on any atom is -0.355 e. The molecule has 1 aliphatic heterocycles. The third-order valence-electron chi connectivity index (χ3n) is 3.78. The summed E-state index contributed by atoms with van der Waals surface area (Å²) in [5.41, 5.74) is 1.62. The third-order valence-corrected chi connectivity index (χ3v) is 3.78. The Hall–Kier alpha value is -2.50. The van der Waals surface area contributed by atoms with E-state index in [1.165, 1.54) is 24.5 Å². The van der Waals surface area contributed by atoms with Gasteiger partial charge in [0.15, 0.2) is 5.82 Å². The summed E-state index contributed by atoms with van der Waals surface area (Å²) in [5, 5.41) is 2.84. The molecule has 0 atom stereocenters. The van der Waals surface area contributed by atoms with E-state index >= 15 is 0 Å². The van der Waals surface area contributed by atoms with Crippen LogP contribution in [-0.2, 0) is 0 Å². The number of carbonyl (C=O) groups is 1. The molecular weight excluding hydrogens is 283 g/mol. The van der Waals surface area contributed by atoms with Crippen LogP contribution in [0, 0.1) is 12.7 Å². The Bertz CT molecular complexity index is 698. The van der Waals surface area contributed by atoms with Crippen molar-refractivity contribution in [2.24, 2.45) is 0 Å². The molecule has 5 nitrogen and oxygen atoms in total. The Morgan fingerprint density at radius 2 is 2.09 bits per heavy atom. The molecular formula is C16H17FN4O. The first-order valence-electron chi connectivity index (χ1n) is 7.27. The second kappa shape index (κ2) is 6.09. The summed E-state index contributed by atoms with van der Waals surface area (Å²) in [6.07, 6.45) is 5.31. The molecule has 1 N–H and O–H groups in total. The van der Waals surface area contributed by atoms with Crippen molar-refractivity contribution in [1.29, 1.82) is 0 Å². The van der Waals surface area contributed by atoms with Crippen molar-refractivity contribution >= 4 is 17.4 Å². The van der Waals surface area contributed by atoms with Gasteiger partial charge < -0.3 is 10.2 Å². The third kappa shape index (κ3) is 2.90. The summed E-state index contributed by atoms with van der Waals surface area (Å²) in [7, 11) is 0. The SMILES string of the molecule is Cc1cc(F)ccc1C(=O)Nc1cncnc1N1CCCC1. The number of nitrogens with zero attached hydrogens (tertiary/aromatic N) is 3. The molecule has 2 heterocycles. The number of aryl methyl sites for hydroxylation is 1. The van der Waals surface area contributed by atoms with Crippen LogP contribution in [-0.4, -0.2) is 29.0 Å². The fourth-order valence-corrected chi connectivity index (χ4v) is 2.66. The summed E-state index contributed by atoms with van der Waals surface area (Å²) in [6, 6.07) is 4.11. The Morgan fingerprint density at radius 1 is 1.32 bits per heavy atom. The van der Waals surface area contributed by atoms with Crippen LogP contribution in [0.4, 0.5) is 15.9 Å². The van der Waals surface area contributed by atoms with Crippen molar-refractivity contribution in [3.8, 4) is 0 Å². The van der Waals surface area contributed by atoms with Crippen LogP contribution in [0.2, 0.25) is 0 Å². The largest absolute Gasteiger partial charge is 0.355 e. The van der Waals surface area contributed by atoms with E-state index in [1.54, 1.807) is 13.1 Å². The molecule has 1 saturated heterocycles. The molecule has 0 aliphatic carbocycles. The highest BCUT2D eigenvalue weighted by molar-refractivity contribution is 6.06. The van der Waals surface area contributed by atoms with Gasteiger partial charge in [-0.15, -0.1) is 0 Å². The van der Waals surface area contributed by atoms with E-state index in [9.17, 15) is 9.18 Å². The van der Waals surface area contributed by atoms with Gasteiger partial charge in [0, 0.05) is 18.7 Å². The molecule has 22 heavy (non-hydrogen) atoms. The second-order valence-electron chi connectivity index (χ2n) is 5.37. The Balaban J connectivity index is 1.85. The molecule has 1 amide bonds. The lowest BCUT2D eigenvalue weighted by atomic mass is 10.1. The Labute approximate surface area is 128 Å². The Kier molecular flexibility index (Phi) is 4.00. The van der Waals surface area contributed by atoms with Crippen molar-refractivity contribution in [2.75, 3.05) is 23.3 Å². The smallest absolute Gasteiger partial charge is 0.256 e. The van der Waals surface area contributed by atoms with E-state index in [4.69, 9.17) is 0 Å². The zero-order chi connectivity index (χ0) is 15.5. The standard InChI is InChI=1S/C16H17FN4O/c1-11-8-12(17)4-5-13(11)16(22)20-14-9-18-10-19-15(14)21-6-2-3-7-21/h4-5,8-10H,2-3,6-7H2,1H3,(H,20,22). The normalized spacial score (nSPS) is 14.2. The molecule has 1 aliphatic rings. The predicted molar refractivity (Wildman–Crippen MR) is 82.6 cm³/mol. The Morgan fingerprint density at radius 3 is 2.82 bits per heavy atom. The molecule has 1 aromatic carbocycles. The minimum absolute atomic E-state index is 0.284. The number of rotatable bonds is 3. The highest BCUT2D eigenvalue weighted by atomic mass is 19.1. The average molecular weight is 300 g/mol. The molecule has 1 aromatic heterocycles. The van der Waals surface area contributed by atoms with Gasteiger partial charge >= 0.3 is 0 Å². The van der Waals surface area contributed by atoms with Crippen LogP contribution >= 0.6 is 0 Å². The van der Waals surface area contributed by atoms with Gasteiger partial charge in [0.2, 0.25) is 0 Å². The maximum Gasteiger partial charge on any atom is 0.256 e. The maximum absolute atomic E-state index is 13.1. The van der Waals surface area contributed by atoms with Crippen molar-refractivity contribution in [2.45, 2.75) is 19.8 Å². The van der Waals surface area contributed by atoms with Gasteiger partial charge in [-0.3, -0.25) is 4.79 Å². The molecule has 1 fully saturated rings. The van der Waals surface area contributed by atoms with Crippen molar-refractivity contribution < 1.29 is 9.18 Å². The van der Waals surface area contributed by atoms with Gasteiger partial charge in [-0.25, -0.2) is 14.4 Å². The van der Waals surface area contributed by atoms with Crippen LogP contribution in [0.1, 0.15) is 28.8 Å². The molecule has 0 unspecified atom stereocenters. The fourth-order valence-electron chi connectivity index (χ4n) is 2.66. The number of hydrogen-bond acceptors (Lipinski definition) is 4. The molecule has 0 spiro atoms. The van der Waals surface area contributed by atoms with Gasteiger partial charge in [0.05, 0.1) is 6.20 Å². The first-order valence-corrected chi connectivity index (χ1v) is 7.27. The van der Waals surface area contributed by atoms with E-state index in [2.05, 4.69) is 20.2 Å². The first kappa shape index (κ1) is 14.4. The lowest BCUT2D eigenvalue weighted by Gasteiger charge is -2.19. The van der Waals surface area contributed by atoms with Crippen LogP contribution in [0.5, 0.6) is 0 Å². The molecule has 0 saturated carbocycles. The van der Waals surface area contributed by atoms with E-state index in [0.29, 0.717) is 16.8 Å². The van der Waals surface area contributed by atoms with Gasteiger partial charge in [0.1, 0.15) is 17.8 Å². The summed E-state index contributed by atoms with van der Waals surface area (Å²) < 4.78 is 13.1. The number of halogens is 1. The van der Waals surface area contributed by atoms with Crippen molar-refractivity contribution in [3.63, 3.8) is 0 Å². The zero-order valence-corrected chi connectivity index (χ0v) is 12.3. The average Bonchev–Trinajstić information content (AvgIpc) is 3.01. The van der Waals surface area contributed by atoms with E-state index < -0.39 is 0 Å². The zero-order valence-electron chi connectivity index (χ0n) is 12.3. The van der Waals surface area contributed by atoms with Gasteiger partial charge in [0.25, 0.3) is 5.91 Å². The van der Waals surface area contributed by atoms with Gasteiger partial charge in [-0.05, 0) is 43.5 Å². The van der Waals surface area contributed by atoms with Crippen LogP contribution < -0.4 is 10.2 Å². The minimum atomic E-state index is -0.352. The first-order chi connectivity index (χ1) is 10.6. The number of carbonyl (C=O) groups excluding carboxylic acids is 1. The topological polar surface area (TPSA) is 58.1 Å². The summed E-state index contributed by atoms with van der Waals surface area (Å²) in [4.78, 5) is 22.8. The number of benzene rings is 1. The second-order valence-corrected chi connectivity index (χ2v) is 5.37. The van der Waals surface area contributed by atoms with Crippen molar-refractivity contribution in [3.05, 3.63) is 47.7 Å². The van der Waals surface area contributed by atoms with Gasteiger partial charge in [-0.1, -0.05) is 0 Å². The van der Waals surface area contributed by atoms with Gasteiger partial charge in [-0.2, -0.15) is 0 Å². The van der Waals surface area contributed by atoms with Crippen LogP contribution in [0.25, 0.3) is 0 Å². The highest BCUT2D eigenvalue weighted by Crippen LogP contribution is 2.26. The fraction of sp³-hybridized carbons (Fsp3) is 0.312. The van der Waals surface area contributed by atoms with Crippen molar-refractivity contribution in [1.82, 2.24) is 9.97 Å². The molecule has 0 radical (unpaired) electrons. The maximum atomic E-state index is 13.1. The lowest BCUT2D eigenvalue weighted by molar-refractivity contribution is 0.102. The molecule has 6 heteroatoms. The number of anilines is 2. The number of aromatic nitrogens is 2. The van der Waals surface area contributed by atoms with Crippen LogP contribution in [0.15, 0.2) is 30.7 Å². The molecule has 114 valence electrons. The summed E-state index contributed by atoms with van der Waals surface area (Å²) >= 11 is 0. The van der Waals surface area contributed by atoms with E-state index in [-0.39, 0.29) is 11.7 Å². The number of nitrogens with one attached hydrogen (secondary N) is 1. The van der Waals surface area contributed by atoms with E-state index in [1.807, 2.05) is 0 Å². The monoisotopic (exact) mass is 300 g/mol. The lowest BCUT2D eigenvalue weighted by Crippen LogP contribution is -2.22. The van der Waals surface area contributed by atoms with Crippen LogP contribution in [0.3, 0.4) is 0 Å². The quantitative estimate of drug-likeness (QED) is 0.947. The summed E-state index contributed by atoms with van der Waals surface area (Å²) in [5.74, 6) is 0.100. The summed E-state index contributed by atoms with van der Waals surface area (Å²) in [6.45, 7) is 3.56. The number of hydrogen-bond donors (Lipinski definition) is 1. The molecule has 0 bridgehead atoms. The highest BCUT2D eigenvalue weighted by Gasteiger charge is 2.19.